The van der Waals surface area contributed by atoms with Crippen molar-refractivity contribution in [3.8, 4) is 11.5 Å². The summed E-state index contributed by atoms with van der Waals surface area (Å²) in [6.07, 6.45) is -0.560. The first-order valence-electron chi connectivity index (χ1n) is 10.8. The molecule has 1 unspecified atom stereocenters. The molecule has 1 atom stereocenters. The van der Waals surface area contributed by atoms with Gasteiger partial charge in [0, 0.05) is 13.1 Å². The lowest BCUT2D eigenvalue weighted by molar-refractivity contribution is 0.0705. The molecule has 0 aliphatic heterocycles. The van der Waals surface area contributed by atoms with Crippen LogP contribution in [0.1, 0.15) is 25.3 Å². The van der Waals surface area contributed by atoms with Crippen LogP contribution >= 0.6 is 0 Å². The zero-order valence-electron chi connectivity index (χ0n) is 18.9. The van der Waals surface area contributed by atoms with E-state index in [4.69, 9.17) is 13.9 Å². The molecule has 7 nitrogen and oxygen atoms in total. The molecular formula is C24H33N3O4. The summed E-state index contributed by atoms with van der Waals surface area (Å²) in [5.41, 5.74) is 2.75. The minimum Gasteiger partial charge on any atom is -0.493 e. The molecule has 0 aliphatic carbocycles. The van der Waals surface area contributed by atoms with Crippen LogP contribution in [0.3, 0.4) is 0 Å². The number of nitrogens with zero attached hydrogens (tertiary/aromatic N) is 3. The molecule has 168 valence electrons. The Labute approximate surface area is 184 Å². The van der Waals surface area contributed by atoms with E-state index >= 15 is 0 Å². The maximum atomic E-state index is 10.3. The molecule has 3 rings (SSSR count). The number of aromatic nitrogens is 1. The van der Waals surface area contributed by atoms with Crippen molar-refractivity contribution >= 4 is 11.1 Å². The molecular weight excluding hydrogens is 394 g/mol. The van der Waals surface area contributed by atoms with Gasteiger partial charge in [0.25, 0.3) is 0 Å². The van der Waals surface area contributed by atoms with E-state index in [9.17, 15) is 5.11 Å². The lowest BCUT2D eigenvalue weighted by Crippen LogP contribution is -2.35. The molecule has 2 aromatic carbocycles. The van der Waals surface area contributed by atoms with Crippen molar-refractivity contribution in [2.45, 2.75) is 33.0 Å². The number of fused-ring (bicyclic) bond motifs is 1. The topological polar surface area (TPSA) is 71.2 Å². The van der Waals surface area contributed by atoms with Crippen molar-refractivity contribution in [3.05, 3.63) is 53.9 Å². The zero-order valence-corrected chi connectivity index (χ0v) is 18.9. The predicted octanol–water partition coefficient (Wildman–Crippen LogP) is 3.55. The zero-order chi connectivity index (χ0) is 22.2. The van der Waals surface area contributed by atoms with Crippen LogP contribution in [-0.2, 0) is 13.1 Å². The van der Waals surface area contributed by atoms with E-state index < -0.39 is 6.10 Å². The summed E-state index contributed by atoms with van der Waals surface area (Å²) in [4.78, 5) is 8.84. The van der Waals surface area contributed by atoms with Gasteiger partial charge in [-0.15, -0.1) is 0 Å². The van der Waals surface area contributed by atoms with Gasteiger partial charge in [0.15, 0.2) is 17.1 Å². The van der Waals surface area contributed by atoms with Gasteiger partial charge in [-0.1, -0.05) is 32.0 Å². The third-order valence-corrected chi connectivity index (χ3v) is 5.22. The molecule has 3 aromatic rings. The van der Waals surface area contributed by atoms with Gasteiger partial charge in [-0.05, 0) is 50.0 Å². The number of hydrogen-bond donors (Lipinski definition) is 1. The molecule has 0 bridgehead atoms. The average Bonchev–Trinajstić information content (AvgIpc) is 3.18. The predicted molar refractivity (Wildman–Crippen MR) is 121 cm³/mol. The number of methoxy groups -OCH3 is 1. The number of benzene rings is 2. The van der Waals surface area contributed by atoms with Crippen LogP contribution in [-0.4, -0.2) is 66.4 Å². The van der Waals surface area contributed by atoms with Gasteiger partial charge in [0.1, 0.15) is 18.2 Å². The Morgan fingerprint density at radius 1 is 1.06 bits per heavy atom. The van der Waals surface area contributed by atoms with Crippen LogP contribution in [0.25, 0.3) is 11.1 Å². The highest BCUT2D eigenvalue weighted by Gasteiger charge is 2.14. The minimum absolute atomic E-state index is 0.217. The second kappa shape index (κ2) is 11.1. The van der Waals surface area contributed by atoms with Gasteiger partial charge in [0.2, 0.25) is 5.89 Å². The standard InChI is InChI=1S/C24H33N3O4/c1-5-27(6-2)15-19(28)17-30-23-13-18(11-12-22(23)29-4)14-26(3)16-24-25-20-9-7-8-10-21(20)31-24/h7-13,19,28H,5-6,14-17H2,1-4H3. The summed E-state index contributed by atoms with van der Waals surface area (Å²) in [7, 11) is 3.64. The maximum Gasteiger partial charge on any atom is 0.209 e. The Bertz CT molecular complexity index is 922. The molecule has 0 amide bonds. The minimum atomic E-state index is -0.560. The van der Waals surface area contributed by atoms with E-state index in [0.717, 1.165) is 29.8 Å². The first-order valence-corrected chi connectivity index (χ1v) is 10.8. The summed E-state index contributed by atoms with van der Waals surface area (Å²) >= 11 is 0. The Morgan fingerprint density at radius 2 is 1.84 bits per heavy atom. The summed E-state index contributed by atoms with van der Waals surface area (Å²) < 4.78 is 17.2. The van der Waals surface area contributed by atoms with Crippen molar-refractivity contribution in [1.82, 2.24) is 14.8 Å². The molecule has 0 aliphatic rings. The Hall–Kier alpha value is -2.61. The van der Waals surface area contributed by atoms with Gasteiger partial charge in [0.05, 0.1) is 13.7 Å². The number of aliphatic hydroxyl groups excluding tert-OH is 1. The lowest BCUT2D eigenvalue weighted by atomic mass is 10.2. The summed E-state index contributed by atoms with van der Waals surface area (Å²) in [5, 5.41) is 10.3. The average molecular weight is 428 g/mol. The normalized spacial score (nSPS) is 12.6. The molecule has 0 fully saturated rings. The smallest absolute Gasteiger partial charge is 0.209 e. The third kappa shape index (κ3) is 6.43. The van der Waals surface area contributed by atoms with Crippen molar-refractivity contribution in [2.75, 3.05) is 40.4 Å². The molecule has 1 N–H and O–H groups in total. The second-order valence-corrected chi connectivity index (χ2v) is 7.68. The first-order chi connectivity index (χ1) is 15.0. The van der Waals surface area contributed by atoms with E-state index in [1.807, 2.05) is 49.5 Å². The number of likely N-dealkylation sites (N-methyl/N-ethyl adjacent to an activating group) is 1. The molecule has 1 heterocycles. The van der Waals surface area contributed by atoms with Crippen LogP contribution in [0, 0.1) is 0 Å². The first kappa shape index (κ1) is 23.1. The maximum absolute atomic E-state index is 10.3. The van der Waals surface area contributed by atoms with Crippen molar-refractivity contribution in [2.24, 2.45) is 0 Å². The van der Waals surface area contributed by atoms with Crippen molar-refractivity contribution < 1.29 is 19.0 Å². The molecule has 31 heavy (non-hydrogen) atoms. The number of ether oxygens (including phenoxy) is 2. The number of hydrogen-bond acceptors (Lipinski definition) is 7. The molecule has 0 radical (unpaired) electrons. The van der Waals surface area contributed by atoms with Crippen LogP contribution in [0.5, 0.6) is 11.5 Å². The molecule has 0 spiro atoms. The molecule has 7 heteroatoms. The fourth-order valence-corrected chi connectivity index (χ4v) is 3.54. The Kier molecular flexibility index (Phi) is 8.28. The van der Waals surface area contributed by atoms with E-state index in [2.05, 4.69) is 28.6 Å². The SMILES string of the molecule is CCN(CC)CC(O)COc1cc(CN(C)Cc2nc3ccccc3o2)ccc1OC. The van der Waals surface area contributed by atoms with Crippen molar-refractivity contribution in [1.29, 1.82) is 0 Å². The number of oxazole rings is 1. The Morgan fingerprint density at radius 3 is 2.55 bits per heavy atom. The number of aliphatic hydroxyl groups is 1. The van der Waals surface area contributed by atoms with Gasteiger partial charge in [-0.3, -0.25) is 4.90 Å². The monoisotopic (exact) mass is 427 g/mol. The highest BCUT2D eigenvalue weighted by Crippen LogP contribution is 2.29. The largest absolute Gasteiger partial charge is 0.493 e. The highest BCUT2D eigenvalue weighted by atomic mass is 16.5. The third-order valence-electron chi connectivity index (χ3n) is 5.22. The van der Waals surface area contributed by atoms with E-state index in [0.29, 0.717) is 37.0 Å². The van der Waals surface area contributed by atoms with Crippen LogP contribution in [0.4, 0.5) is 0 Å². The van der Waals surface area contributed by atoms with E-state index in [1.54, 1.807) is 7.11 Å². The Balaban J connectivity index is 1.60. The van der Waals surface area contributed by atoms with Gasteiger partial charge < -0.3 is 23.9 Å². The fraction of sp³-hybridized carbons (Fsp3) is 0.458. The van der Waals surface area contributed by atoms with Gasteiger partial charge in [-0.25, -0.2) is 4.98 Å². The molecule has 1 aromatic heterocycles. The van der Waals surface area contributed by atoms with E-state index in [1.165, 1.54) is 0 Å². The summed E-state index contributed by atoms with van der Waals surface area (Å²) in [6.45, 7) is 8.07. The second-order valence-electron chi connectivity index (χ2n) is 7.68. The molecule has 0 saturated carbocycles. The fourth-order valence-electron chi connectivity index (χ4n) is 3.54. The van der Waals surface area contributed by atoms with Crippen LogP contribution in [0.15, 0.2) is 46.9 Å². The number of rotatable bonds is 12. The molecule has 0 saturated heterocycles. The summed E-state index contributed by atoms with van der Waals surface area (Å²) in [6, 6.07) is 13.6. The van der Waals surface area contributed by atoms with Gasteiger partial charge in [-0.2, -0.15) is 0 Å². The van der Waals surface area contributed by atoms with Gasteiger partial charge >= 0.3 is 0 Å². The van der Waals surface area contributed by atoms with Crippen molar-refractivity contribution in [3.63, 3.8) is 0 Å². The van der Waals surface area contributed by atoms with Crippen LogP contribution in [0.2, 0.25) is 0 Å². The highest BCUT2D eigenvalue weighted by molar-refractivity contribution is 5.72. The quantitative estimate of drug-likeness (QED) is 0.474. The van der Waals surface area contributed by atoms with E-state index in [-0.39, 0.29) is 6.61 Å². The number of para-hydroxylation sites is 2. The lowest BCUT2D eigenvalue weighted by Gasteiger charge is -2.22. The summed E-state index contributed by atoms with van der Waals surface area (Å²) in [5.74, 6) is 1.97. The van der Waals surface area contributed by atoms with Crippen LogP contribution < -0.4 is 9.47 Å².